The lowest BCUT2D eigenvalue weighted by Gasteiger charge is -1.97. The molecule has 0 atom stereocenters. The van der Waals surface area contributed by atoms with Crippen LogP contribution in [-0.4, -0.2) is 9.78 Å². The summed E-state index contributed by atoms with van der Waals surface area (Å²) in [6.45, 7) is -2.28. The van der Waals surface area contributed by atoms with E-state index in [9.17, 15) is 0 Å². The van der Waals surface area contributed by atoms with Crippen molar-refractivity contribution in [2.24, 2.45) is 6.98 Å². The van der Waals surface area contributed by atoms with Gasteiger partial charge < -0.3 is 5.73 Å². The van der Waals surface area contributed by atoms with E-state index in [4.69, 9.17) is 9.85 Å². The van der Waals surface area contributed by atoms with Gasteiger partial charge in [0.2, 0.25) is 0 Å². The molecule has 2 rings (SSSR count). The fraction of sp³-hybridized carbons (Fsp3) is 0.125. The Labute approximate surface area is 68.6 Å². The Morgan fingerprint density at radius 2 is 2.55 bits per heavy atom. The van der Waals surface area contributed by atoms with Gasteiger partial charge in [-0.1, -0.05) is 12.1 Å². The summed E-state index contributed by atoms with van der Waals surface area (Å²) in [5, 5.41) is 4.54. The van der Waals surface area contributed by atoms with E-state index in [0.29, 0.717) is 11.2 Å². The van der Waals surface area contributed by atoms with Crippen molar-refractivity contribution >= 4 is 16.6 Å². The van der Waals surface area contributed by atoms with Crippen LogP contribution in [0, 0.1) is 0 Å². The zero-order chi connectivity index (χ0) is 10.3. The predicted molar refractivity (Wildman–Crippen MR) is 45.1 cm³/mol. The Bertz CT molecular complexity index is 472. The minimum absolute atomic E-state index is 0.427. The molecule has 0 saturated heterocycles. The summed E-state index contributed by atoms with van der Waals surface area (Å²) in [4.78, 5) is 0. The molecule has 0 aliphatic carbocycles. The van der Waals surface area contributed by atoms with Gasteiger partial charge in [-0.25, -0.2) is 0 Å². The van der Waals surface area contributed by atoms with E-state index in [1.165, 1.54) is 6.20 Å². The molecule has 11 heavy (non-hydrogen) atoms. The number of aryl methyl sites for hydroxylation is 1. The smallest absolute Gasteiger partial charge is 0.0908 e. The van der Waals surface area contributed by atoms with Crippen molar-refractivity contribution in [3.63, 3.8) is 0 Å². The van der Waals surface area contributed by atoms with Crippen LogP contribution in [0.3, 0.4) is 0 Å². The van der Waals surface area contributed by atoms with E-state index in [1.54, 1.807) is 18.2 Å². The van der Waals surface area contributed by atoms with Crippen molar-refractivity contribution in [2.45, 2.75) is 0 Å². The molecular weight excluding hydrogens is 138 g/mol. The number of rotatable bonds is 0. The summed E-state index contributed by atoms with van der Waals surface area (Å²) in [5.41, 5.74) is 6.58. The van der Waals surface area contributed by atoms with Crippen LogP contribution in [-0.2, 0) is 6.98 Å². The molecule has 3 nitrogen and oxygen atoms in total. The third-order valence-corrected chi connectivity index (χ3v) is 1.62. The molecular formula is C8H9N3. The second-order valence-corrected chi connectivity index (χ2v) is 2.34. The van der Waals surface area contributed by atoms with Crippen LogP contribution in [0.1, 0.15) is 4.11 Å². The second kappa shape index (κ2) is 1.99. The zero-order valence-electron chi connectivity index (χ0n) is 8.78. The van der Waals surface area contributed by atoms with Gasteiger partial charge in [-0.15, -0.1) is 0 Å². The topological polar surface area (TPSA) is 43.8 Å². The van der Waals surface area contributed by atoms with Gasteiger partial charge in [-0.2, -0.15) is 5.10 Å². The average Bonchev–Trinajstić information content (AvgIpc) is 2.47. The van der Waals surface area contributed by atoms with Crippen molar-refractivity contribution in [2.75, 3.05) is 5.73 Å². The first-order valence-corrected chi connectivity index (χ1v) is 3.23. The normalized spacial score (nSPS) is 15.8. The van der Waals surface area contributed by atoms with E-state index in [2.05, 4.69) is 5.10 Å². The molecule has 1 aromatic carbocycles. The molecule has 0 aliphatic rings. The number of hydrogen-bond acceptors (Lipinski definition) is 2. The molecule has 0 fully saturated rings. The van der Waals surface area contributed by atoms with Gasteiger partial charge in [0.15, 0.2) is 0 Å². The molecule has 2 N–H and O–H groups in total. The number of nitrogens with two attached hydrogens (primary N) is 1. The third kappa shape index (κ3) is 0.774. The Hall–Kier alpha value is -1.51. The first kappa shape index (κ1) is 3.76. The van der Waals surface area contributed by atoms with Gasteiger partial charge in [0.25, 0.3) is 0 Å². The minimum atomic E-state index is -2.28. The average molecular weight is 150 g/mol. The second-order valence-electron chi connectivity index (χ2n) is 2.34. The van der Waals surface area contributed by atoms with Crippen LogP contribution in [0.15, 0.2) is 24.4 Å². The van der Waals surface area contributed by atoms with E-state index >= 15 is 0 Å². The first-order chi connectivity index (χ1) is 6.50. The molecule has 2 aromatic rings. The highest BCUT2D eigenvalue weighted by Crippen LogP contribution is 2.18. The van der Waals surface area contributed by atoms with Gasteiger partial charge in [-0.05, 0) is 6.07 Å². The monoisotopic (exact) mass is 150 g/mol. The number of fused-ring (bicyclic) bond motifs is 1. The molecule has 0 radical (unpaired) electrons. The maximum absolute atomic E-state index is 7.25. The highest BCUT2D eigenvalue weighted by Gasteiger charge is 2.00. The maximum atomic E-state index is 7.25. The Morgan fingerprint density at radius 3 is 3.36 bits per heavy atom. The molecule has 3 heteroatoms. The molecule has 0 spiro atoms. The highest BCUT2D eigenvalue weighted by molar-refractivity contribution is 5.89. The van der Waals surface area contributed by atoms with Crippen LogP contribution >= 0.6 is 0 Å². The number of hydrogen-bond donors (Lipinski definition) is 1. The van der Waals surface area contributed by atoms with Crippen molar-refractivity contribution in [3.05, 3.63) is 24.4 Å². The molecule has 56 valence electrons. The third-order valence-electron chi connectivity index (χ3n) is 1.62. The number of nitrogen functional groups attached to an aromatic ring is 1. The summed E-state index contributed by atoms with van der Waals surface area (Å²) in [5.74, 6) is 0. The van der Waals surface area contributed by atoms with Crippen molar-refractivity contribution in [1.29, 1.82) is 0 Å². The maximum Gasteiger partial charge on any atom is 0.0908 e. The summed E-state index contributed by atoms with van der Waals surface area (Å²) in [6.07, 6.45) is 1.50. The van der Waals surface area contributed by atoms with Crippen LogP contribution in [0.2, 0.25) is 0 Å². The number of para-hydroxylation sites is 1. The summed E-state index contributed by atoms with van der Waals surface area (Å²) < 4.78 is 22.7. The lowest BCUT2D eigenvalue weighted by Crippen LogP contribution is -1.93. The number of anilines is 1. The van der Waals surface area contributed by atoms with Gasteiger partial charge in [0, 0.05) is 16.5 Å². The first-order valence-electron chi connectivity index (χ1n) is 4.73. The van der Waals surface area contributed by atoms with Gasteiger partial charge in [0.05, 0.1) is 17.4 Å². The van der Waals surface area contributed by atoms with Crippen LogP contribution < -0.4 is 5.73 Å². The fourth-order valence-corrected chi connectivity index (χ4v) is 1.11. The highest BCUT2D eigenvalue weighted by atomic mass is 15.2. The van der Waals surface area contributed by atoms with Crippen LogP contribution in [0.25, 0.3) is 10.9 Å². The summed E-state index contributed by atoms with van der Waals surface area (Å²) in [6, 6.07) is 5.20. The number of nitrogens with zero attached hydrogens (tertiary/aromatic N) is 2. The molecule has 1 heterocycles. The van der Waals surface area contributed by atoms with E-state index in [0.717, 1.165) is 10.1 Å². The van der Waals surface area contributed by atoms with Gasteiger partial charge in [0.1, 0.15) is 0 Å². The van der Waals surface area contributed by atoms with Crippen LogP contribution in [0.4, 0.5) is 5.69 Å². The zero-order valence-corrected chi connectivity index (χ0v) is 5.78. The molecule has 0 aliphatic heterocycles. The Kier molecular flexibility index (Phi) is 0.678. The predicted octanol–water partition coefficient (Wildman–Crippen LogP) is 1.16. The summed E-state index contributed by atoms with van der Waals surface area (Å²) in [7, 11) is 0. The quantitative estimate of drug-likeness (QED) is 0.572. The van der Waals surface area contributed by atoms with Crippen molar-refractivity contribution in [3.8, 4) is 0 Å². The Balaban J connectivity index is 2.80. The molecule has 0 bridgehead atoms. The van der Waals surface area contributed by atoms with Crippen LogP contribution in [0.5, 0.6) is 0 Å². The Morgan fingerprint density at radius 1 is 1.64 bits per heavy atom. The van der Waals surface area contributed by atoms with E-state index in [-0.39, 0.29) is 0 Å². The fourth-order valence-electron chi connectivity index (χ4n) is 1.11. The van der Waals surface area contributed by atoms with Crippen molar-refractivity contribution in [1.82, 2.24) is 9.78 Å². The number of aromatic nitrogens is 2. The molecule has 1 aromatic heterocycles. The molecule has 0 saturated carbocycles. The SMILES string of the molecule is [2H]C([2H])([2H])n1ncc2cccc(N)c21. The molecule has 0 unspecified atom stereocenters. The number of benzene rings is 1. The summed E-state index contributed by atoms with van der Waals surface area (Å²) >= 11 is 0. The van der Waals surface area contributed by atoms with Gasteiger partial charge in [-0.3, -0.25) is 4.68 Å². The van der Waals surface area contributed by atoms with Gasteiger partial charge >= 0.3 is 0 Å². The lowest BCUT2D eigenvalue weighted by molar-refractivity contribution is 0.798. The lowest BCUT2D eigenvalue weighted by atomic mass is 10.2. The largest absolute Gasteiger partial charge is 0.397 e. The van der Waals surface area contributed by atoms with Crippen molar-refractivity contribution < 1.29 is 4.11 Å². The van der Waals surface area contributed by atoms with E-state index < -0.39 is 6.98 Å². The van der Waals surface area contributed by atoms with E-state index in [1.807, 2.05) is 0 Å². The minimum Gasteiger partial charge on any atom is -0.397 e. The standard InChI is InChI=1S/C8H9N3/c1-11-8-6(5-10-11)3-2-4-7(8)9/h2-5H,9H2,1H3/i1D3. The molecule has 0 amide bonds.